The van der Waals surface area contributed by atoms with Gasteiger partial charge < -0.3 is 10.2 Å². The van der Waals surface area contributed by atoms with Crippen LogP contribution in [0.5, 0.6) is 0 Å². The van der Waals surface area contributed by atoms with Crippen LogP contribution in [-0.4, -0.2) is 78.5 Å². The van der Waals surface area contributed by atoms with Gasteiger partial charge in [0.1, 0.15) is 6.04 Å². The quantitative estimate of drug-likeness (QED) is 0.862. The van der Waals surface area contributed by atoms with Crippen molar-refractivity contribution in [1.29, 1.82) is 0 Å². The zero-order valence-electron chi connectivity index (χ0n) is 16.8. The predicted molar refractivity (Wildman–Crippen MR) is 109 cm³/mol. The smallest absolute Gasteiger partial charge is 0.242 e. The molecule has 27 heavy (non-hydrogen) atoms. The molecule has 2 saturated heterocycles. The molecule has 1 aliphatic carbocycles. The lowest BCUT2D eigenvalue weighted by molar-refractivity contribution is -0.128. The molecule has 1 N–H and O–H groups in total. The van der Waals surface area contributed by atoms with E-state index in [0.29, 0.717) is 18.1 Å². The standard InChI is InChI=1S/C22H34N4O/c1-17-16-25(14-15-26(17)20-10-12-24(2)13-11-20)21(18-6-4-3-5-7-18)22(27)23-19-8-9-19/h3-7,17,19-21H,8-16H2,1-2H3,(H,23,27)/t17-,21+/m1/s1. The number of benzene rings is 1. The Bertz CT molecular complexity index is 624. The molecule has 5 nitrogen and oxygen atoms in total. The molecule has 1 amide bonds. The highest BCUT2D eigenvalue weighted by Gasteiger charge is 2.37. The van der Waals surface area contributed by atoms with Crippen LogP contribution in [-0.2, 0) is 4.79 Å². The van der Waals surface area contributed by atoms with Gasteiger partial charge in [-0.25, -0.2) is 0 Å². The first-order valence-corrected chi connectivity index (χ1v) is 10.7. The number of amides is 1. The van der Waals surface area contributed by atoms with Crippen LogP contribution in [0.15, 0.2) is 30.3 Å². The number of hydrogen-bond acceptors (Lipinski definition) is 4. The Kier molecular flexibility index (Phi) is 5.81. The van der Waals surface area contributed by atoms with Crippen LogP contribution in [0.1, 0.15) is 44.2 Å². The maximum Gasteiger partial charge on any atom is 0.242 e. The lowest BCUT2D eigenvalue weighted by Gasteiger charge is -2.47. The van der Waals surface area contributed by atoms with E-state index in [1.54, 1.807) is 0 Å². The number of carbonyl (C=O) groups is 1. The van der Waals surface area contributed by atoms with E-state index in [-0.39, 0.29) is 11.9 Å². The van der Waals surface area contributed by atoms with E-state index in [2.05, 4.69) is 46.1 Å². The molecule has 0 unspecified atom stereocenters. The van der Waals surface area contributed by atoms with Crippen molar-refractivity contribution in [1.82, 2.24) is 20.0 Å². The van der Waals surface area contributed by atoms with Crippen molar-refractivity contribution in [2.45, 2.75) is 56.8 Å². The minimum absolute atomic E-state index is 0.158. The highest BCUT2D eigenvalue weighted by Crippen LogP contribution is 2.29. The molecule has 2 atom stereocenters. The van der Waals surface area contributed by atoms with Crippen molar-refractivity contribution in [2.75, 3.05) is 39.8 Å². The zero-order chi connectivity index (χ0) is 18.8. The third-order valence-corrected chi connectivity index (χ3v) is 6.52. The van der Waals surface area contributed by atoms with E-state index in [1.165, 1.54) is 25.9 Å². The summed E-state index contributed by atoms with van der Waals surface area (Å²) in [4.78, 5) is 20.6. The first kappa shape index (κ1) is 18.9. The molecule has 0 aromatic heterocycles. The van der Waals surface area contributed by atoms with Crippen LogP contribution >= 0.6 is 0 Å². The molecular weight excluding hydrogens is 336 g/mol. The normalized spacial score (nSPS) is 27.4. The Morgan fingerprint density at radius 3 is 2.37 bits per heavy atom. The molecular formula is C22H34N4O. The van der Waals surface area contributed by atoms with E-state index >= 15 is 0 Å². The highest BCUT2D eigenvalue weighted by molar-refractivity contribution is 5.83. The summed E-state index contributed by atoms with van der Waals surface area (Å²) >= 11 is 0. The highest BCUT2D eigenvalue weighted by atomic mass is 16.2. The van der Waals surface area contributed by atoms with Gasteiger partial charge in [0.05, 0.1) is 0 Å². The Morgan fingerprint density at radius 1 is 1.04 bits per heavy atom. The number of likely N-dealkylation sites (tertiary alicyclic amines) is 1. The summed E-state index contributed by atoms with van der Waals surface area (Å²) in [6.45, 7) is 7.74. The van der Waals surface area contributed by atoms with Crippen molar-refractivity contribution in [3.63, 3.8) is 0 Å². The first-order chi connectivity index (χ1) is 13.1. The second-order valence-corrected chi connectivity index (χ2v) is 8.71. The number of carbonyl (C=O) groups excluding carboxylic acids is 1. The molecule has 1 aromatic carbocycles. The van der Waals surface area contributed by atoms with Gasteiger partial charge in [-0.1, -0.05) is 30.3 Å². The van der Waals surface area contributed by atoms with Crippen molar-refractivity contribution in [3.8, 4) is 0 Å². The molecule has 2 heterocycles. The lowest BCUT2D eigenvalue weighted by Crippen LogP contribution is -2.59. The van der Waals surface area contributed by atoms with Crippen LogP contribution in [0.2, 0.25) is 0 Å². The number of nitrogens with one attached hydrogen (secondary N) is 1. The number of piperazine rings is 1. The number of piperidine rings is 1. The molecule has 0 bridgehead atoms. The van der Waals surface area contributed by atoms with Gasteiger partial charge in [0.2, 0.25) is 5.91 Å². The number of hydrogen-bond donors (Lipinski definition) is 1. The SMILES string of the molecule is C[C@@H]1CN([C@H](C(=O)NC2CC2)c2ccccc2)CCN1C1CCN(C)CC1. The van der Waals surface area contributed by atoms with Crippen molar-refractivity contribution >= 4 is 5.91 Å². The number of nitrogens with zero attached hydrogens (tertiary/aromatic N) is 3. The molecule has 148 valence electrons. The second-order valence-electron chi connectivity index (χ2n) is 8.71. The summed E-state index contributed by atoms with van der Waals surface area (Å²) in [5.41, 5.74) is 1.12. The average molecular weight is 371 g/mol. The first-order valence-electron chi connectivity index (χ1n) is 10.7. The van der Waals surface area contributed by atoms with Crippen LogP contribution in [0, 0.1) is 0 Å². The largest absolute Gasteiger partial charge is 0.352 e. The molecule has 2 aliphatic heterocycles. The van der Waals surface area contributed by atoms with Gasteiger partial charge in [-0.15, -0.1) is 0 Å². The summed E-state index contributed by atoms with van der Waals surface area (Å²) < 4.78 is 0. The Hall–Kier alpha value is -1.43. The molecule has 3 aliphatic rings. The van der Waals surface area contributed by atoms with E-state index in [4.69, 9.17) is 0 Å². The minimum atomic E-state index is -0.158. The van der Waals surface area contributed by atoms with E-state index in [0.717, 1.165) is 38.0 Å². The van der Waals surface area contributed by atoms with Crippen molar-refractivity contribution in [3.05, 3.63) is 35.9 Å². The molecule has 4 rings (SSSR count). The maximum atomic E-state index is 13.0. The molecule has 0 spiro atoms. The van der Waals surface area contributed by atoms with E-state index < -0.39 is 0 Å². The van der Waals surface area contributed by atoms with Gasteiger partial charge in [0, 0.05) is 37.8 Å². The van der Waals surface area contributed by atoms with E-state index in [9.17, 15) is 4.79 Å². The summed E-state index contributed by atoms with van der Waals surface area (Å²) in [6.07, 6.45) is 4.80. The van der Waals surface area contributed by atoms with Crippen LogP contribution in [0.3, 0.4) is 0 Å². The van der Waals surface area contributed by atoms with Gasteiger partial charge in [0.15, 0.2) is 0 Å². The van der Waals surface area contributed by atoms with Gasteiger partial charge in [-0.2, -0.15) is 0 Å². The van der Waals surface area contributed by atoms with Crippen LogP contribution in [0.4, 0.5) is 0 Å². The Morgan fingerprint density at radius 2 is 1.74 bits per heavy atom. The molecule has 0 radical (unpaired) electrons. The minimum Gasteiger partial charge on any atom is -0.352 e. The fourth-order valence-corrected chi connectivity index (χ4v) is 4.77. The van der Waals surface area contributed by atoms with Crippen LogP contribution < -0.4 is 5.32 Å². The summed E-state index contributed by atoms with van der Waals surface area (Å²) in [5, 5.41) is 3.24. The van der Waals surface area contributed by atoms with Gasteiger partial charge >= 0.3 is 0 Å². The lowest BCUT2D eigenvalue weighted by atomic mass is 9.98. The zero-order valence-corrected chi connectivity index (χ0v) is 16.8. The third-order valence-electron chi connectivity index (χ3n) is 6.52. The van der Waals surface area contributed by atoms with Crippen LogP contribution in [0.25, 0.3) is 0 Å². The summed E-state index contributed by atoms with van der Waals surface area (Å²) in [5.74, 6) is 0.184. The van der Waals surface area contributed by atoms with Gasteiger partial charge in [-0.05, 0) is 58.3 Å². The molecule has 1 saturated carbocycles. The average Bonchev–Trinajstić information content (AvgIpc) is 3.48. The predicted octanol–water partition coefficient (Wildman–Crippen LogP) is 2.11. The second kappa shape index (κ2) is 8.29. The van der Waals surface area contributed by atoms with E-state index in [1.807, 2.05) is 18.2 Å². The third kappa shape index (κ3) is 4.53. The van der Waals surface area contributed by atoms with Crippen molar-refractivity contribution in [2.24, 2.45) is 0 Å². The molecule has 1 aromatic rings. The van der Waals surface area contributed by atoms with Crippen molar-refractivity contribution < 1.29 is 4.79 Å². The molecule has 3 fully saturated rings. The fraction of sp³-hybridized carbons (Fsp3) is 0.682. The Labute approximate surface area is 163 Å². The van der Waals surface area contributed by atoms with Gasteiger partial charge in [0.25, 0.3) is 0 Å². The maximum absolute atomic E-state index is 13.0. The molecule has 5 heteroatoms. The summed E-state index contributed by atoms with van der Waals surface area (Å²) in [6, 6.07) is 11.8. The fourth-order valence-electron chi connectivity index (χ4n) is 4.77. The van der Waals surface area contributed by atoms with Gasteiger partial charge in [-0.3, -0.25) is 14.6 Å². The topological polar surface area (TPSA) is 38.8 Å². The Balaban J connectivity index is 1.44. The number of rotatable bonds is 5. The summed E-state index contributed by atoms with van der Waals surface area (Å²) in [7, 11) is 2.22. The monoisotopic (exact) mass is 370 g/mol.